The van der Waals surface area contributed by atoms with Crippen LogP contribution in [0.25, 0.3) is 0 Å². The van der Waals surface area contributed by atoms with Crippen LogP contribution < -0.4 is 10.2 Å². The van der Waals surface area contributed by atoms with E-state index in [-0.39, 0.29) is 28.1 Å². The summed E-state index contributed by atoms with van der Waals surface area (Å²) >= 11 is 5.78. The molecule has 212 valence electrons. The lowest BCUT2D eigenvalue weighted by Gasteiger charge is -2.47. The molecule has 1 aromatic carbocycles. The van der Waals surface area contributed by atoms with Gasteiger partial charge in [-0.05, 0) is 62.9 Å². The fourth-order valence-corrected chi connectivity index (χ4v) is 5.16. The minimum atomic E-state index is -0.994. The maximum Gasteiger partial charge on any atom is 0.337 e. The summed E-state index contributed by atoms with van der Waals surface area (Å²) in [4.78, 5) is 42.9. The van der Waals surface area contributed by atoms with Crippen LogP contribution in [0.3, 0.4) is 0 Å². The van der Waals surface area contributed by atoms with Gasteiger partial charge in [0.15, 0.2) is 0 Å². The molecule has 11 heteroatoms. The minimum Gasteiger partial charge on any atom is -0.478 e. The van der Waals surface area contributed by atoms with Gasteiger partial charge in [0.05, 0.1) is 33.7 Å². The Balaban J connectivity index is 1.51. The fourth-order valence-electron chi connectivity index (χ4n) is 5.04. The highest BCUT2D eigenvalue weighted by atomic mass is 35.5. The Labute approximate surface area is 238 Å². The van der Waals surface area contributed by atoms with Gasteiger partial charge in [-0.15, -0.1) is 0 Å². The second kappa shape index (κ2) is 11.4. The van der Waals surface area contributed by atoms with E-state index in [1.165, 1.54) is 18.3 Å². The molecule has 1 amide bonds. The number of aromatic carboxylic acids is 1. The number of nitrogens with zero attached hydrogens (tertiary/aromatic N) is 5. The summed E-state index contributed by atoms with van der Waals surface area (Å²) in [6, 6.07) is 6.40. The third-order valence-corrected chi connectivity index (χ3v) is 7.38. The van der Waals surface area contributed by atoms with E-state index in [0.717, 1.165) is 0 Å². The van der Waals surface area contributed by atoms with Gasteiger partial charge in [0.25, 0.3) is 5.91 Å². The summed E-state index contributed by atoms with van der Waals surface area (Å²) in [5.41, 5.74) is 2.38. The Morgan fingerprint density at radius 2 is 1.90 bits per heavy atom. The Hall–Kier alpha value is -3.79. The number of aromatic nitrogens is 3. The van der Waals surface area contributed by atoms with Crippen LogP contribution in [-0.2, 0) is 6.54 Å². The van der Waals surface area contributed by atoms with Crippen LogP contribution >= 0.6 is 11.6 Å². The number of rotatable bonds is 7. The van der Waals surface area contributed by atoms with Crippen molar-refractivity contribution >= 4 is 35.1 Å². The molecule has 1 aliphatic rings. The zero-order chi connectivity index (χ0) is 29.4. The largest absolute Gasteiger partial charge is 0.478 e. The number of hydrogen-bond donors (Lipinski definition) is 2. The topological polar surface area (TPSA) is 112 Å². The molecule has 0 radical (unpaired) electrons. The highest BCUT2D eigenvalue weighted by Crippen LogP contribution is 2.29. The van der Waals surface area contributed by atoms with Gasteiger partial charge in [-0.3, -0.25) is 4.79 Å². The highest BCUT2D eigenvalue weighted by molar-refractivity contribution is 6.30. The van der Waals surface area contributed by atoms with Crippen molar-refractivity contribution in [2.45, 2.75) is 59.5 Å². The molecule has 1 fully saturated rings. The van der Waals surface area contributed by atoms with Crippen LogP contribution in [-0.4, -0.2) is 62.0 Å². The van der Waals surface area contributed by atoms with Crippen LogP contribution in [0.15, 0.2) is 30.5 Å². The first-order valence-electron chi connectivity index (χ1n) is 13.1. The van der Waals surface area contributed by atoms with Crippen molar-refractivity contribution in [1.29, 1.82) is 0 Å². The lowest BCUT2D eigenvalue weighted by molar-refractivity contribution is 0.0506. The van der Waals surface area contributed by atoms with E-state index in [1.807, 2.05) is 27.7 Å². The number of carbonyl (C=O) groups is 2. The molecule has 3 heterocycles. The Morgan fingerprint density at radius 3 is 2.50 bits per heavy atom. The molecule has 3 aromatic rings. The standard InChI is InChI=1S/C29H34ClFN6O3/c1-16(2)25-26(32-13-19-7-8-20(30)21(31)12-19)33-14-22(35-25)27(38)37-10-9-36(15-29(37,5)6)23-11-17(3)24(28(39)40)18(4)34-23/h7-8,11-12,14,16H,9-10,13,15H2,1-6H3,(H,32,33)(H,39,40). The predicted octanol–water partition coefficient (Wildman–Crippen LogP) is 5.46. The monoisotopic (exact) mass is 568 g/mol. The molecule has 9 nitrogen and oxygen atoms in total. The summed E-state index contributed by atoms with van der Waals surface area (Å²) in [6.07, 6.45) is 1.47. The van der Waals surface area contributed by atoms with Crippen molar-refractivity contribution in [3.8, 4) is 0 Å². The van der Waals surface area contributed by atoms with Gasteiger partial charge < -0.3 is 20.2 Å². The Kier molecular flexibility index (Phi) is 8.30. The molecule has 0 atom stereocenters. The first-order chi connectivity index (χ1) is 18.8. The lowest BCUT2D eigenvalue weighted by atomic mass is 9.97. The molecule has 1 saturated heterocycles. The molecule has 2 N–H and O–H groups in total. The number of pyridine rings is 1. The SMILES string of the molecule is Cc1cc(N2CCN(C(=O)c3cnc(NCc4ccc(Cl)c(F)c4)c(C(C)C)n3)C(C)(C)C2)nc(C)c1C(=O)O. The van der Waals surface area contributed by atoms with Gasteiger partial charge in [-0.2, -0.15) is 0 Å². The van der Waals surface area contributed by atoms with E-state index in [1.54, 1.807) is 30.9 Å². The smallest absolute Gasteiger partial charge is 0.337 e. The highest BCUT2D eigenvalue weighted by Gasteiger charge is 2.38. The molecule has 0 bridgehead atoms. The summed E-state index contributed by atoms with van der Waals surface area (Å²) < 4.78 is 13.8. The molecule has 0 aliphatic carbocycles. The average molecular weight is 569 g/mol. The summed E-state index contributed by atoms with van der Waals surface area (Å²) in [5.74, 6) is -0.483. The van der Waals surface area contributed by atoms with Crippen molar-refractivity contribution in [1.82, 2.24) is 19.9 Å². The molecule has 1 aliphatic heterocycles. The van der Waals surface area contributed by atoms with E-state index in [2.05, 4.69) is 20.2 Å². The quantitative estimate of drug-likeness (QED) is 0.387. The van der Waals surface area contributed by atoms with Crippen molar-refractivity contribution in [2.24, 2.45) is 0 Å². The number of nitrogens with one attached hydrogen (secondary N) is 1. The number of piperazine rings is 1. The zero-order valence-corrected chi connectivity index (χ0v) is 24.3. The number of hydrogen-bond acceptors (Lipinski definition) is 7. The molecule has 2 aromatic heterocycles. The number of aryl methyl sites for hydroxylation is 2. The van der Waals surface area contributed by atoms with Crippen LogP contribution in [0, 0.1) is 19.7 Å². The van der Waals surface area contributed by atoms with E-state index in [4.69, 9.17) is 16.6 Å². The average Bonchev–Trinajstić information content (AvgIpc) is 2.87. The third-order valence-electron chi connectivity index (χ3n) is 7.08. The molecule has 4 rings (SSSR count). The van der Waals surface area contributed by atoms with Gasteiger partial charge in [0, 0.05) is 26.2 Å². The zero-order valence-electron chi connectivity index (χ0n) is 23.5. The Bertz CT molecular complexity index is 1440. The maximum absolute atomic E-state index is 13.8. The molecular formula is C29H34ClFN6O3. The number of anilines is 2. The molecule has 0 saturated carbocycles. The van der Waals surface area contributed by atoms with E-state index in [0.29, 0.717) is 60.3 Å². The third kappa shape index (κ3) is 6.01. The van der Waals surface area contributed by atoms with Gasteiger partial charge >= 0.3 is 5.97 Å². The number of halogens is 2. The van der Waals surface area contributed by atoms with Gasteiger partial charge in [0.1, 0.15) is 23.1 Å². The van der Waals surface area contributed by atoms with E-state index in [9.17, 15) is 19.1 Å². The molecule has 40 heavy (non-hydrogen) atoms. The number of carboxylic acids is 1. The summed E-state index contributed by atoms with van der Waals surface area (Å²) in [6.45, 7) is 13.2. The molecule has 0 spiro atoms. The maximum atomic E-state index is 13.8. The van der Waals surface area contributed by atoms with E-state index < -0.39 is 17.3 Å². The van der Waals surface area contributed by atoms with Crippen molar-refractivity contribution in [3.05, 3.63) is 75.1 Å². The first kappa shape index (κ1) is 29.2. The summed E-state index contributed by atoms with van der Waals surface area (Å²) in [7, 11) is 0. The van der Waals surface area contributed by atoms with Gasteiger partial charge in [-0.1, -0.05) is 31.5 Å². The van der Waals surface area contributed by atoms with Crippen LogP contribution in [0.4, 0.5) is 16.0 Å². The van der Waals surface area contributed by atoms with Crippen LogP contribution in [0.2, 0.25) is 5.02 Å². The lowest BCUT2D eigenvalue weighted by Crippen LogP contribution is -2.61. The van der Waals surface area contributed by atoms with Crippen molar-refractivity contribution in [3.63, 3.8) is 0 Å². The van der Waals surface area contributed by atoms with E-state index >= 15 is 0 Å². The second-order valence-electron chi connectivity index (χ2n) is 11.0. The number of carboxylic acid groups (broad SMARTS) is 1. The normalized spacial score (nSPS) is 14.9. The minimum absolute atomic E-state index is 0.0131. The first-order valence-corrected chi connectivity index (χ1v) is 13.5. The van der Waals surface area contributed by atoms with Crippen LogP contribution in [0.1, 0.15) is 77.0 Å². The molecular weight excluding hydrogens is 535 g/mol. The van der Waals surface area contributed by atoms with Crippen molar-refractivity contribution < 1.29 is 19.1 Å². The van der Waals surface area contributed by atoms with Crippen LogP contribution in [0.5, 0.6) is 0 Å². The number of benzene rings is 1. The number of carbonyl (C=O) groups excluding carboxylic acids is 1. The van der Waals surface area contributed by atoms with Crippen molar-refractivity contribution in [2.75, 3.05) is 29.9 Å². The van der Waals surface area contributed by atoms with Gasteiger partial charge in [0.2, 0.25) is 0 Å². The Morgan fingerprint density at radius 1 is 1.18 bits per heavy atom. The molecule has 0 unspecified atom stereocenters. The predicted molar refractivity (Wildman–Crippen MR) is 153 cm³/mol. The fraction of sp³-hybridized carbons (Fsp3) is 0.414. The van der Waals surface area contributed by atoms with Gasteiger partial charge in [-0.25, -0.2) is 24.1 Å². The number of amides is 1. The second-order valence-corrected chi connectivity index (χ2v) is 11.4. The summed E-state index contributed by atoms with van der Waals surface area (Å²) in [5, 5.41) is 12.7.